The van der Waals surface area contributed by atoms with Crippen molar-refractivity contribution in [3.63, 3.8) is 0 Å². The number of ether oxygens (including phenoxy) is 2. The maximum absolute atomic E-state index is 11.9. The number of hydrogen-bond donors (Lipinski definition) is 1. The van der Waals surface area contributed by atoms with Crippen molar-refractivity contribution in [1.29, 1.82) is 0 Å². The van der Waals surface area contributed by atoms with Crippen LogP contribution in [0.4, 0.5) is 0 Å². The Balaban J connectivity index is 2.35. The van der Waals surface area contributed by atoms with E-state index in [0.29, 0.717) is 31.1 Å². The molecule has 0 aromatic heterocycles. The van der Waals surface area contributed by atoms with Crippen molar-refractivity contribution in [1.82, 2.24) is 0 Å². The highest BCUT2D eigenvalue weighted by atomic mass is 16.5. The van der Waals surface area contributed by atoms with E-state index in [1.54, 1.807) is 0 Å². The summed E-state index contributed by atoms with van der Waals surface area (Å²) >= 11 is 0. The lowest BCUT2D eigenvalue weighted by Gasteiger charge is -2.18. The van der Waals surface area contributed by atoms with E-state index in [-0.39, 0.29) is 0 Å². The van der Waals surface area contributed by atoms with Crippen LogP contribution >= 0.6 is 0 Å². The molecule has 0 saturated heterocycles. The fourth-order valence-electron chi connectivity index (χ4n) is 2.92. The van der Waals surface area contributed by atoms with Crippen molar-refractivity contribution in [2.45, 2.75) is 40.0 Å². The fourth-order valence-corrected chi connectivity index (χ4v) is 2.92. The van der Waals surface area contributed by atoms with Crippen molar-refractivity contribution in [3.05, 3.63) is 58.7 Å². The lowest BCUT2D eigenvalue weighted by molar-refractivity contribution is -0.138. The van der Waals surface area contributed by atoms with Gasteiger partial charge in [0.2, 0.25) is 0 Å². The molecule has 0 fully saturated rings. The van der Waals surface area contributed by atoms with Gasteiger partial charge in [-0.3, -0.25) is 4.79 Å². The molecule has 25 heavy (non-hydrogen) atoms. The Hall–Kier alpha value is -2.49. The first-order chi connectivity index (χ1) is 12.0. The number of aliphatic carboxylic acids is 1. The van der Waals surface area contributed by atoms with Crippen LogP contribution in [0.15, 0.2) is 36.4 Å². The largest absolute Gasteiger partial charge is 0.490 e. The molecule has 0 amide bonds. The van der Waals surface area contributed by atoms with E-state index < -0.39 is 11.9 Å². The van der Waals surface area contributed by atoms with Crippen LogP contribution in [0.25, 0.3) is 0 Å². The zero-order valence-electron chi connectivity index (χ0n) is 15.3. The van der Waals surface area contributed by atoms with E-state index >= 15 is 0 Å². The number of carbonyl (C=O) groups is 1. The second kappa shape index (κ2) is 8.56. The molecule has 0 spiro atoms. The smallest absolute Gasteiger partial charge is 0.311 e. The third-order valence-electron chi connectivity index (χ3n) is 4.16. The van der Waals surface area contributed by atoms with E-state index in [0.717, 1.165) is 22.3 Å². The van der Waals surface area contributed by atoms with E-state index in [2.05, 4.69) is 0 Å². The first-order valence-electron chi connectivity index (χ1n) is 8.64. The van der Waals surface area contributed by atoms with Gasteiger partial charge in [-0.05, 0) is 62.9 Å². The molecule has 4 heteroatoms. The number of carboxylic acids is 1. The molecule has 0 heterocycles. The second-order valence-corrected chi connectivity index (χ2v) is 6.10. The Kier molecular flexibility index (Phi) is 6.45. The first-order valence-corrected chi connectivity index (χ1v) is 8.64. The minimum absolute atomic E-state index is 0.409. The SMILES string of the molecule is CCOc1ccc(CC(C(=O)O)c2cc(C)ccc2C)cc1OCC. The van der Waals surface area contributed by atoms with Gasteiger partial charge in [0, 0.05) is 0 Å². The monoisotopic (exact) mass is 342 g/mol. The predicted octanol–water partition coefficient (Wildman–Crippen LogP) is 4.51. The number of benzene rings is 2. The summed E-state index contributed by atoms with van der Waals surface area (Å²) in [6, 6.07) is 11.6. The molecule has 1 N–H and O–H groups in total. The fraction of sp³-hybridized carbons (Fsp3) is 0.381. The van der Waals surface area contributed by atoms with Crippen LogP contribution in [0.3, 0.4) is 0 Å². The highest BCUT2D eigenvalue weighted by molar-refractivity contribution is 5.77. The molecule has 0 radical (unpaired) electrons. The summed E-state index contributed by atoms with van der Waals surface area (Å²) in [5.41, 5.74) is 3.84. The van der Waals surface area contributed by atoms with E-state index in [9.17, 15) is 9.90 Å². The average Bonchev–Trinajstić information content (AvgIpc) is 2.57. The number of rotatable bonds is 8. The van der Waals surface area contributed by atoms with Crippen molar-refractivity contribution in [2.75, 3.05) is 13.2 Å². The van der Waals surface area contributed by atoms with Crippen molar-refractivity contribution < 1.29 is 19.4 Å². The van der Waals surface area contributed by atoms with Gasteiger partial charge in [0.05, 0.1) is 19.1 Å². The van der Waals surface area contributed by atoms with Crippen LogP contribution in [0.1, 0.15) is 42.0 Å². The molecule has 2 aromatic rings. The number of hydrogen-bond acceptors (Lipinski definition) is 3. The van der Waals surface area contributed by atoms with Gasteiger partial charge in [-0.15, -0.1) is 0 Å². The molecule has 4 nitrogen and oxygen atoms in total. The first kappa shape index (κ1) is 18.8. The summed E-state index contributed by atoms with van der Waals surface area (Å²) < 4.78 is 11.2. The van der Waals surface area contributed by atoms with Crippen LogP contribution in [-0.4, -0.2) is 24.3 Å². The predicted molar refractivity (Wildman–Crippen MR) is 98.8 cm³/mol. The molecule has 1 unspecified atom stereocenters. The van der Waals surface area contributed by atoms with Crippen LogP contribution in [0, 0.1) is 13.8 Å². The Bertz CT molecular complexity index is 737. The Morgan fingerprint density at radius 1 is 1.00 bits per heavy atom. The summed E-state index contributed by atoms with van der Waals surface area (Å²) in [7, 11) is 0. The zero-order valence-corrected chi connectivity index (χ0v) is 15.3. The maximum Gasteiger partial charge on any atom is 0.311 e. The quantitative estimate of drug-likeness (QED) is 0.767. The van der Waals surface area contributed by atoms with Crippen molar-refractivity contribution >= 4 is 5.97 Å². The molecule has 134 valence electrons. The van der Waals surface area contributed by atoms with Gasteiger partial charge in [0.25, 0.3) is 0 Å². The van der Waals surface area contributed by atoms with Gasteiger partial charge >= 0.3 is 5.97 Å². The van der Waals surface area contributed by atoms with E-state index in [4.69, 9.17) is 9.47 Å². The zero-order chi connectivity index (χ0) is 18.4. The van der Waals surface area contributed by atoms with Crippen LogP contribution in [0.2, 0.25) is 0 Å². The summed E-state index contributed by atoms with van der Waals surface area (Å²) in [4.78, 5) is 11.9. The van der Waals surface area contributed by atoms with Gasteiger partial charge in [-0.25, -0.2) is 0 Å². The highest BCUT2D eigenvalue weighted by Gasteiger charge is 2.23. The normalized spacial score (nSPS) is 11.8. The molecular formula is C21H26O4. The Labute approximate surface area is 149 Å². The summed E-state index contributed by atoms with van der Waals surface area (Å²) in [5.74, 6) is -0.0634. The standard InChI is InChI=1S/C21H26O4/c1-5-24-19-10-9-16(13-20(19)25-6-2)12-18(21(22)23)17-11-14(3)7-8-15(17)4/h7-11,13,18H,5-6,12H2,1-4H3,(H,22,23). The minimum atomic E-state index is -0.819. The lowest BCUT2D eigenvalue weighted by Crippen LogP contribution is -2.16. The molecule has 2 aromatic carbocycles. The topological polar surface area (TPSA) is 55.8 Å². The Morgan fingerprint density at radius 2 is 1.68 bits per heavy atom. The number of aryl methyl sites for hydroxylation is 2. The molecular weight excluding hydrogens is 316 g/mol. The van der Waals surface area contributed by atoms with Crippen molar-refractivity contribution in [2.24, 2.45) is 0 Å². The maximum atomic E-state index is 11.9. The van der Waals surface area contributed by atoms with Gasteiger partial charge in [-0.1, -0.05) is 29.8 Å². The molecule has 0 aliphatic carbocycles. The highest BCUT2D eigenvalue weighted by Crippen LogP contribution is 2.32. The molecule has 0 bridgehead atoms. The van der Waals surface area contributed by atoms with Gasteiger partial charge in [-0.2, -0.15) is 0 Å². The van der Waals surface area contributed by atoms with Crippen LogP contribution < -0.4 is 9.47 Å². The van der Waals surface area contributed by atoms with E-state index in [1.807, 2.05) is 64.1 Å². The molecule has 0 aliphatic heterocycles. The van der Waals surface area contributed by atoms with Gasteiger partial charge in [0.1, 0.15) is 0 Å². The van der Waals surface area contributed by atoms with Crippen LogP contribution in [-0.2, 0) is 11.2 Å². The van der Waals surface area contributed by atoms with E-state index in [1.165, 1.54) is 0 Å². The minimum Gasteiger partial charge on any atom is -0.490 e. The van der Waals surface area contributed by atoms with Crippen LogP contribution in [0.5, 0.6) is 11.5 Å². The number of carboxylic acid groups (broad SMARTS) is 1. The van der Waals surface area contributed by atoms with Crippen molar-refractivity contribution in [3.8, 4) is 11.5 Å². The summed E-state index contributed by atoms with van der Waals surface area (Å²) in [6.45, 7) is 8.85. The van der Waals surface area contributed by atoms with Gasteiger partial charge in [0.15, 0.2) is 11.5 Å². The molecule has 0 aliphatic rings. The second-order valence-electron chi connectivity index (χ2n) is 6.10. The molecule has 0 saturated carbocycles. The van der Waals surface area contributed by atoms with Gasteiger partial charge < -0.3 is 14.6 Å². The third kappa shape index (κ3) is 4.75. The summed E-state index contributed by atoms with van der Waals surface area (Å²) in [5, 5.41) is 9.76. The Morgan fingerprint density at radius 3 is 2.32 bits per heavy atom. The third-order valence-corrected chi connectivity index (χ3v) is 4.16. The summed E-state index contributed by atoms with van der Waals surface area (Å²) in [6.07, 6.45) is 0.409. The average molecular weight is 342 g/mol. The lowest BCUT2D eigenvalue weighted by atomic mass is 9.88. The molecule has 1 atom stereocenters. The molecule has 2 rings (SSSR count).